The van der Waals surface area contributed by atoms with Crippen molar-refractivity contribution in [2.45, 2.75) is 24.9 Å². The second-order valence-corrected chi connectivity index (χ2v) is 6.36. The zero-order valence-corrected chi connectivity index (χ0v) is 13.7. The molecule has 2 heterocycles. The summed E-state index contributed by atoms with van der Waals surface area (Å²) in [5.74, 6) is 0.145. The van der Waals surface area contributed by atoms with Gasteiger partial charge in [0.1, 0.15) is 6.04 Å². The van der Waals surface area contributed by atoms with Gasteiger partial charge in [-0.3, -0.25) is 4.79 Å². The monoisotopic (exact) mass is 298 g/mol. The molecular weight excluding hydrogens is 268 g/mol. The maximum absolute atomic E-state index is 12.3. The predicted molar refractivity (Wildman–Crippen MR) is 83.4 cm³/mol. The number of carbonyl (C=O) groups excluding carboxylic acids is 1. The molecule has 0 aromatic carbocycles. The van der Waals surface area contributed by atoms with Gasteiger partial charge in [0.25, 0.3) is 0 Å². The lowest BCUT2D eigenvalue weighted by molar-refractivity contribution is -0.135. The van der Waals surface area contributed by atoms with E-state index in [9.17, 15) is 4.79 Å². The quantitative estimate of drug-likeness (QED) is 0.739. The Labute approximate surface area is 128 Å². The summed E-state index contributed by atoms with van der Waals surface area (Å²) < 4.78 is 5.36. The van der Waals surface area contributed by atoms with Crippen LogP contribution in [0, 0.1) is 0 Å². The van der Waals surface area contributed by atoms with Crippen LogP contribution in [0.4, 0.5) is 0 Å². The number of hydrogen-bond acceptors (Lipinski definition) is 5. The third-order valence-electron chi connectivity index (χ3n) is 4.70. The van der Waals surface area contributed by atoms with E-state index in [1.54, 1.807) is 0 Å². The molecular formula is C15H30N4O2. The van der Waals surface area contributed by atoms with Gasteiger partial charge in [-0.15, -0.1) is 0 Å². The molecule has 0 aromatic rings. The smallest absolute Gasteiger partial charge is 0.241 e. The van der Waals surface area contributed by atoms with E-state index in [0.29, 0.717) is 19.3 Å². The fourth-order valence-corrected chi connectivity index (χ4v) is 3.03. The second kappa shape index (κ2) is 8.08. The summed E-state index contributed by atoms with van der Waals surface area (Å²) >= 11 is 0. The molecule has 122 valence electrons. The SMILES string of the molecule is CN1CCC(N(C)CCN(C)C(=O)C2COCCN2)CC1. The Bertz CT molecular complexity index is 326. The summed E-state index contributed by atoms with van der Waals surface area (Å²) in [6.45, 7) is 6.02. The van der Waals surface area contributed by atoms with Crippen LogP contribution in [0.15, 0.2) is 0 Å². The molecule has 2 rings (SSSR count). The van der Waals surface area contributed by atoms with Crippen LogP contribution in [0.1, 0.15) is 12.8 Å². The topological polar surface area (TPSA) is 48.0 Å². The van der Waals surface area contributed by atoms with Gasteiger partial charge in [0, 0.05) is 32.7 Å². The number of ether oxygens (including phenoxy) is 1. The number of nitrogens with one attached hydrogen (secondary N) is 1. The van der Waals surface area contributed by atoms with Crippen LogP contribution in [0.3, 0.4) is 0 Å². The Morgan fingerprint density at radius 3 is 2.62 bits per heavy atom. The number of morpholine rings is 1. The van der Waals surface area contributed by atoms with Crippen molar-refractivity contribution in [3.05, 3.63) is 0 Å². The minimum absolute atomic E-state index is 0.145. The first-order valence-corrected chi connectivity index (χ1v) is 8.03. The van der Waals surface area contributed by atoms with Crippen LogP contribution in [0.5, 0.6) is 0 Å². The van der Waals surface area contributed by atoms with Crippen LogP contribution in [-0.2, 0) is 9.53 Å². The van der Waals surface area contributed by atoms with Crippen molar-refractivity contribution in [3.63, 3.8) is 0 Å². The first-order valence-electron chi connectivity index (χ1n) is 8.03. The third kappa shape index (κ3) is 4.92. The van der Waals surface area contributed by atoms with E-state index >= 15 is 0 Å². The van der Waals surface area contributed by atoms with Gasteiger partial charge >= 0.3 is 0 Å². The summed E-state index contributed by atoms with van der Waals surface area (Å²) in [5, 5.41) is 3.22. The maximum atomic E-state index is 12.3. The molecule has 6 nitrogen and oxygen atoms in total. The average molecular weight is 298 g/mol. The van der Waals surface area contributed by atoms with Gasteiger partial charge in [0.05, 0.1) is 13.2 Å². The van der Waals surface area contributed by atoms with Crippen molar-refractivity contribution in [2.75, 3.05) is 67.1 Å². The first kappa shape index (κ1) is 16.7. The number of piperidine rings is 1. The number of likely N-dealkylation sites (tertiary alicyclic amines) is 1. The number of rotatable bonds is 5. The molecule has 0 aliphatic carbocycles. The molecule has 0 saturated carbocycles. The van der Waals surface area contributed by atoms with E-state index < -0.39 is 0 Å². The fraction of sp³-hybridized carbons (Fsp3) is 0.933. The van der Waals surface area contributed by atoms with Crippen LogP contribution in [0.2, 0.25) is 0 Å². The lowest BCUT2D eigenvalue weighted by Gasteiger charge is -2.36. The van der Waals surface area contributed by atoms with Gasteiger partial charge < -0.3 is 24.8 Å². The van der Waals surface area contributed by atoms with Gasteiger partial charge in [0.15, 0.2) is 0 Å². The number of amides is 1. The summed E-state index contributed by atoms with van der Waals surface area (Å²) in [6, 6.07) is 0.484. The molecule has 1 amide bonds. The highest BCUT2D eigenvalue weighted by Gasteiger charge is 2.25. The Morgan fingerprint density at radius 2 is 2.00 bits per heavy atom. The first-order chi connectivity index (χ1) is 10.1. The highest BCUT2D eigenvalue weighted by molar-refractivity contribution is 5.81. The summed E-state index contributed by atoms with van der Waals surface area (Å²) in [6.07, 6.45) is 2.45. The summed E-state index contributed by atoms with van der Waals surface area (Å²) in [5.41, 5.74) is 0. The Hall–Kier alpha value is -0.690. The van der Waals surface area contributed by atoms with E-state index in [0.717, 1.165) is 19.6 Å². The van der Waals surface area contributed by atoms with Crippen LogP contribution >= 0.6 is 0 Å². The van der Waals surface area contributed by atoms with Crippen LogP contribution in [-0.4, -0.2) is 99.8 Å². The van der Waals surface area contributed by atoms with Crippen molar-refractivity contribution in [3.8, 4) is 0 Å². The minimum atomic E-state index is -0.169. The predicted octanol–water partition coefficient (Wildman–Crippen LogP) is -0.541. The molecule has 2 aliphatic rings. The molecule has 6 heteroatoms. The molecule has 2 saturated heterocycles. The third-order valence-corrected chi connectivity index (χ3v) is 4.70. The zero-order valence-electron chi connectivity index (χ0n) is 13.7. The van der Waals surface area contributed by atoms with Gasteiger partial charge in [-0.2, -0.15) is 0 Å². The van der Waals surface area contributed by atoms with Gasteiger partial charge in [0.2, 0.25) is 5.91 Å². The van der Waals surface area contributed by atoms with Crippen molar-refractivity contribution in [2.24, 2.45) is 0 Å². The van der Waals surface area contributed by atoms with E-state index in [2.05, 4.69) is 29.2 Å². The van der Waals surface area contributed by atoms with E-state index in [1.165, 1.54) is 25.9 Å². The van der Waals surface area contributed by atoms with Crippen molar-refractivity contribution >= 4 is 5.91 Å². The molecule has 1 N–H and O–H groups in total. The number of likely N-dealkylation sites (N-methyl/N-ethyl adjacent to an activating group) is 2. The summed E-state index contributed by atoms with van der Waals surface area (Å²) in [4.78, 5) is 18.9. The zero-order chi connectivity index (χ0) is 15.2. The Kier molecular flexibility index (Phi) is 6.41. The molecule has 0 aromatic heterocycles. The number of carbonyl (C=O) groups is 1. The molecule has 0 spiro atoms. The number of hydrogen-bond donors (Lipinski definition) is 1. The van der Waals surface area contributed by atoms with E-state index in [-0.39, 0.29) is 11.9 Å². The van der Waals surface area contributed by atoms with Crippen molar-refractivity contribution in [1.82, 2.24) is 20.0 Å². The highest BCUT2D eigenvalue weighted by Crippen LogP contribution is 2.13. The Morgan fingerprint density at radius 1 is 1.29 bits per heavy atom. The Balaban J connectivity index is 1.70. The standard InChI is InChI=1S/C15H30N4O2/c1-17-7-4-13(5-8-17)18(2)9-10-19(3)15(20)14-12-21-11-6-16-14/h13-14,16H,4-12H2,1-3H3. The fourth-order valence-electron chi connectivity index (χ4n) is 3.03. The van der Waals surface area contributed by atoms with Crippen LogP contribution in [0.25, 0.3) is 0 Å². The van der Waals surface area contributed by atoms with E-state index in [1.807, 2.05) is 11.9 Å². The minimum Gasteiger partial charge on any atom is -0.378 e. The lowest BCUT2D eigenvalue weighted by Crippen LogP contribution is -2.53. The van der Waals surface area contributed by atoms with Gasteiger partial charge in [-0.1, -0.05) is 0 Å². The molecule has 0 radical (unpaired) electrons. The largest absolute Gasteiger partial charge is 0.378 e. The van der Waals surface area contributed by atoms with Crippen molar-refractivity contribution < 1.29 is 9.53 Å². The van der Waals surface area contributed by atoms with E-state index in [4.69, 9.17) is 4.74 Å². The highest BCUT2D eigenvalue weighted by atomic mass is 16.5. The molecule has 0 bridgehead atoms. The van der Waals surface area contributed by atoms with Crippen molar-refractivity contribution in [1.29, 1.82) is 0 Å². The lowest BCUT2D eigenvalue weighted by atomic mass is 10.0. The molecule has 1 atom stereocenters. The van der Waals surface area contributed by atoms with Gasteiger partial charge in [-0.25, -0.2) is 0 Å². The average Bonchev–Trinajstić information content (AvgIpc) is 2.53. The normalized spacial score (nSPS) is 25.2. The molecule has 2 aliphatic heterocycles. The molecule has 1 unspecified atom stereocenters. The van der Waals surface area contributed by atoms with Crippen LogP contribution < -0.4 is 5.32 Å². The number of nitrogens with zero attached hydrogens (tertiary/aromatic N) is 3. The maximum Gasteiger partial charge on any atom is 0.241 e. The summed E-state index contributed by atoms with van der Waals surface area (Å²) in [7, 11) is 6.25. The molecule has 21 heavy (non-hydrogen) atoms. The second-order valence-electron chi connectivity index (χ2n) is 6.36. The molecule has 2 fully saturated rings. The van der Waals surface area contributed by atoms with Gasteiger partial charge in [-0.05, 0) is 40.0 Å².